The Hall–Kier alpha value is -2.86. The second kappa shape index (κ2) is 12.6. The largest absolute Gasteiger partial charge is 0.494 e. The van der Waals surface area contributed by atoms with Crippen LogP contribution in [0.15, 0.2) is 54.6 Å². The highest BCUT2D eigenvalue weighted by Crippen LogP contribution is 2.16. The Bertz CT molecular complexity index is 787. The number of carbonyl (C=O) groups is 2. The van der Waals surface area contributed by atoms with E-state index in [0.717, 1.165) is 0 Å². The Morgan fingerprint density at radius 3 is 2.37 bits per heavy atom. The maximum absolute atomic E-state index is 12.2. The van der Waals surface area contributed by atoms with E-state index in [1.54, 1.807) is 48.5 Å². The molecule has 0 aliphatic carbocycles. The van der Waals surface area contributed by atoms with Crippen LogP contribution in [0.4, 0.5) is 0 Å². The lowest BCUT2D eigenvalue weighted by Gasteiger charge is -2.17. The molecule has 1 unspecified atom stereocenters. The summed E-state index contributed by atoms with van der Waals surface area (Å²) in [4.78, 5) is 24.3. The third-order valence-corrected chi connectivity index (χ3v) is 4.29. The molecule has 0 aliphatic heterocycles. The Morgan fingerprint density at radius 2 is 1.67 bits per heavy atom. The Balaban J connectivity index is 1.80. The lowest BCUT2D eigenvalue weighted by Crippen LogP contribution is -2.20. The van der Waals surface area contributed by atoms with E-state index < -0.39 is 5.97 Å². The quantitative estimate of drug-likeness (QED) is 0.413. The maximum Gasteiger partial charge on any atom is 0.338 e. The van der Waals surface area contributed by atoms with E-state index in [1.807, 2.05) is 19.9 Å². The molecular formula is C24H30O6. The number of carbonyl (C=O) groups excluding carboxylic acids is 2. The summed E-state index contributed by atoms with van der Waals surface area (Å²) in [5.41, 5.74) is 0.931. The molecule has 162 valence electrons. The van der Waals surface area contributed by atoms with Crippen LogP contribution in [0.3, 0.4) is 0 Å². The minimum atomic E-state index is -0.400. The summed E-state index contributed by atoms with van der Waals surface area (Å²) in [5, 5.41) is 9.25. The SMILES string of the molecule is CC(C)COC(=O)c1cccc(OCCCC(CCO)OC(=O)c2ccccc2)c1. The average molecular weight is 414 g/mol. The first-order valence-electron chi connectivity index (χ1n) is 10.3. The molecule has 0 bridgehead atoms. The van der Waals surface area contributed by atoms with Gasteiger partial charge in [-0.2, -0.15) is 0 Å². The molecule has 30 heavy (non-hydrogen) atoms. The zero-order chi connectivity index (χ0) is 21.8. The first-order chi connectivity index (χ1) is 14.5. The second-order valence-electron chi connectivity index (χ2n) is 7.42. The lowest BCUT2D eigenvalue weighted by atomic mass is 10.1. The highest BCUT2D eigenvalue weighted by molar-refractivity contribution is 5.90. The molecule has 0 aromatic heterocycles. The van der Waals surface area contributed by atoms with Crippen LogP contribution in [0.2, 0.25) is 0 Å². The lowest BCUT2D eigenvalue weighted by molar-refractivity contribution is 0.0206. The minimum Gasteiger partial charge on any atom is -0.494 e. The molecule has 0 saturated carbocycles. The van der Waals surface area contributed by atoms with Crippen molar-refractivity contribution in [2.45, 2.75) is 39.2 Å². The molecule has 2 aromatic rings. The van der Waals surface area contributed by atoms with E-state index >= 15 is 0 Å². The van der Waals surface area contributed by atoms with Gasteiger partial charge in [-0.15, -0.1) is 0 Å². The fraction of sp³-hybridized carbons (Fsp3) is 0.417. The summed E-state index contributed by atoms with van der Waals surface area (Å²) in [7, 11) is 0. The number of aliphatic hydroxyl groups excluding tert-OH is 1. The monoisotopic (exact) mass is 414 g/mol. The Morgan fingerprint density at radius 1 is 0.933 bits per heavy atom. The normalized spacial score (nSPS) is 11.7. The average Bonchev–Trinajstić information content (AvgIpc) is 2.75. The summed E-state index contributed by atoms with van der Waals surface area (Å²) in [6, 6.07) is 15.6. The van der Waals surface area contributed by atoms with E-state index in [4.69, 9.17) is 14.2 Å². The van der Waals surface area contributed by atoms with E-state index in [9.17, 15) is 14.7 Å². The highest BCUT2D eigenvalue weighted by atomic mass is 16.5. The molecule has 1 atom stereocenters. The minimum absolute atomic E-state index is 0.0614. The predicted molar refractivity (Wildman–Crippen MR) is 114 cm³/mol. The summed E-state index contributed by atoms with van der Waals surface area (Å²) >= 11 is 0. The van der Waals surface area contributed by atoms with Gasteiger partial charge in [-0.1, -0.05) is 38.1 Å². The van der Waals surface area contributed by atoms with Crippen molar-refractivity contribution >= 4 is 11.9 Å². The molecule has 2 rings (SSSR count). The van der Waals surface area contributed by atoms with Crippen molar-refractivity contribution in [2.75, 3.05) is 19.8 Å². The van der Waals surface area contributed by atoms with Crippen molar-refractivity contribution in [1.29, 1.82) is 0 Å². The second-order valence-corrected chi connectivity index (χ2v) is 7.42. The van der Waals surface area contributed by atoms with Crippen LogP contribution in [0, 0.1) is 5.92 Å². The van der Waals surface area contributed by atoms with Crippen molar-refractivity contribution < 1.29 is 28.9 Å². The van der Waals surface area contributed by atoms with Gasteiger partial charge in [-0.3, -0.25) is 0 Å². The van der Waals surface area contributed by atoms with Gasteiger partial charge in [0.05, 0.1) is 24.3 Å². The van der Waals surface area contributed by atoms with E-state index in [0.29, 0.717) is 49.4 Å². The van der Waals surface area contributed by atoms with Gasteiger partial charge in [0.15, 0.2) is 0 Å². The number of esters is 2. The topological polar surface area (TPSA) is 82.1 Å². The van der Waals surface area contributed by atoms with Crippen molar-refractivity contribution in [2.24, 2.45) is 5.92 Å². The van der Waals surface area contributed by atoms with Crippen molar-refractivity contribution in [3.8, 4) is 5.75 Å². The summed E-state index contributed by atoms with van der Waals surface area (Å²) < 4.78 is 16.5. The predicted octanol–water partition coefficient (Wildman–Crippen LogP) is 4.27. The Kier molecular flexibility index (Phi) is 9.87. The summed E-state index contributed by atoms with van der Waals surface area (Å²) in [6.07, 6.45) is 1.18. The van der Waals surface area contributed by atoms with E-state index in [1.165, 1.54) is 0 Å². The fourth-order valence-electron chi connectivity index (χ4n) is 2.74. The number of benzene rings is 2. The van der Waals surface area contributed by atoms with Crippen LogP contribution in [0.25, 0.3) is 0 Å². The molecule has 6 heteroatoms. The molecule has 0 amide bonds. The Labute approximate surface area is 177 Å². The third-order valence-electron chi connectivity index (χ3n) is 4.29. The van der Waals surface area contributed by atoms with Crippen LogP contribution in [0.1, 0.15) is 53.8 Å². The number of hydrogen-bond donors (Lipinski definition) is 1. The van der Waals surface area contributed by atoms with Gasteiger partial charge in [0.1, 0.15) is 11.9 Å². The molecule has 0 aliphatic rings. The molecular weight excluding hydrogens is 384 g/mol. The standard InChI is InChI=1S/C24H30O6/c1-18(2)17-29-23(26)20-10-6-11-22(16-20)28-15-7-12-21(13-14-25)30-24(27)19-8-4-3-5-9-19/h3-6,8-11,16,18,21,25H,7,12-15,17H2,1-2H3. The molecule has 0 saturated heterocycles. The van der Waals surface area contributed by atoms with Gasteiger partial charge in [0, 0.05) is 13.0 Å². The molecule has 2 aromatic carbocycles. The van der Waals surface area contributed by atoms with Crippen LogP contribution in [-0.2, 0) is 9.47 Å². The first kappa shape index (κ1) is 23.4. The van der Waals surface area contributed by atoms with Crippen molar-refractivity contribution in [3.63, 3.8) is 0 Å². The third kappa shape index (κ3) is 8.25. The molecule has 0 radical (unpaired) electrons. The van der Waals surface area contributed by atoms with Crippen LogP contribution < -0.4 is 4.74 Å². The number of aliphatic hydroxyl groups is 1. The van der Waals surface area contributed by atoms with Crippen molar-refractivity contribution in [1.82, 2.24) is 0 Å². The van der Waals surface area contributed by atoms with Gasteiger partial charge < -0.3 is 19.3 Å². The van der Waals surface area contributed by atoms with Crippen LogP contribution in [-0.4, -0.2) is 43.0 Å². The van der Waals surface area contributed by atoms with Gasteiger partial charge in [0.25, 0.3) is 0 Å². The van der Waals surface area contributed by atoms with Crippen LogP contribution >= 0.6 is 0 Å². The number of hydrogen-bond acceptors (Lipinski definition) is 6. The van der Waals surface area contributed by atoms with Gasteiger partial charge in [-0.25, -0.2) is 9.59 Å². The molecule has 0 heterocycles. The van der Waals surface area contributed by atoms with Gasteiger partial charge in [0.2, 0.25) is 0 Å². The van der Waals surface area contributed by atoms with E-state index in [2.05, 4.69) is 0 Å². The van der Waals surface area contributed by atoms with Gasteiger partial charge in [-0.05, 0) is 49.1 Å². The fourth-order valence-corrected chi connectivity index (χ4v) is 2.74. The first-order valence-corrected chi connectivity index (χ1v) is 10.3. The zero-order valence-corrected chi connectivity index (χ0v) is 17.6. The van der Waals surface area contributed by atoms with Gasteiger partial charge >= 0.3 is 11.9 Å². The molecule has 6 nitrogen and oxygen atoms in total. The highest BCUT2D eigenvalue weighted by Gasteiger charge is 2.16. The zero-order valence-electron chi connectivity index (χ0n) is 17.6. The maximum atomic E-state index is 12.2. The smallest absolute Gasteiger partial charge is 0.338 e. The van der Waals surface area contributed by atoms with Crippen LogP contribution in [0.5, 0.6) is 5.75 Å². The summed E-state index contributed by atoms with van der Waals surface area (Å²) in [5.74, 6) is 0.0813. The number of rotatable bonds is 12. The van der Waals surface area contributed by atoms with Crippen molar-refractivity contribution in [3.05, 3.63) is 65.7 Å². The molecule has 0 fully saturated rings. The summed E-state index contributed by atoms with van der Waals surface area (Å²) in [6.45, 7) is 4.67. The molecule has 0 spiro atoms. The van der Waals surface area contributed by atoms with E-state index in [-0.39, 0.29) is 24.6 Å². The number of ether oxygens (including phenoxy) is 3. The molecule has 1 N–H and O–H groups in total.